The van der Waals surface area contributed by atoms with Crippen molar-refractivity contribution in [1.82, 2.24) is 15.1 Å². The van der Waals surface area contributed by atoms with Gasteiger partial charge in [-0.3, -0.25) is 9.69 Å². The highest BCUT2D eigenvalue weighted by atomic mass is 19.4. The highest BCUT2D eigenvalue weighted by Crippen LogP contribution is 2.30. The number of benzene rings is 1. The Bertz CT molecular complexity index is 668. The second-order valence-corrected chi connectivity index (χ2v) is 5.49. The van der Waals surface area contributed by atoms with Gasteiger partial charge in [0.1, 0.15) is 0 Å². The van der Waals surface area contributed by atoms with Crippen LogP contribution in [0.4, 0.5) is 28.4 Å². The van der Waals surface area contributed by atoms with Crippen molar-refractivity contribution < 1.29 is 27.6 Å². The second-order valence-electron chi connectivity index (χ2n) is 5.49. The van der Waals surface area contributed by atoms with E-state index in [-0.39, 0.29) is 37.3 Å². The normalized spacial score (nSPS) is 18.5. The van der Waals surface area contributed by atoms with Gasteiger partial charge in [0.25, 0.3) is 0 Å². The van der Waals surface area contributed by atoms with Crippen LogP contribution in [-0.4, -0.2) is 53.4 Å². The molecule has 0 spiro atoms. The smallest absolute Gasteiger partial charge is 0.329 e. The Labute approximate surface area is 134 Å². The fourth-order valence-electron chi connectivity index (χ4n) is 2.53. The Morgan fingerprint density at radius 3 is 2.29 bits per heavy atom. The molecule has 10 heteroatoms. The van der Waals surface area contributed by atoms with Crippen LogP contribution < -0.4 is 10.6 Å². The van der Waals surface area contributed by atoms with Crippen LogP contribution in [0.5, 0.6) is 0 Å². The molecule has 0 bridgehead atoms. The molecule has 0 aromatic heterocycles. The van der Waals surface area contributed by atoms with Gasteiger partial charge in [-0.05, 0) is 24.3 Å². The van der Waals surface area contributed by atoms with Gasteiger partial charge in [0.2, 0.25) is 5.91 Å². The molecule has 2 aliphatic heterocycles. The summed E-state index contributed by atoms with van der Waals surface area (Å²) in [5.41, 5.74) is -0.575. The van der Waals surface area contributed by atoms with Crippen molar-refractivity contribution in [2.45, 2.75) is 12.2 Å². The van der Waals surface area contributed by atoms with Crippen molar-refractivity contribution in [3.05, 3.63) is 29.8 Å². The lowest BCUT2D eigenvalue weighted by Gasteiger charge is -2.42. The predicted octanol–water partition coefficient (Wildman–Crippen LogP) is 1.47. The number of halogens is 3. The van der Waals surface area contributed by atoms with Crippen molar-refractivity contribution >= 4 is 23.7 Å². The van der Waals surface area contributed by atoms with E-state index in [0.717, 1.165) is 29.2 Å². The molecule has 0 saturated carbocycles. The van der Waals surface area contributed by atoms with Crippen LogP contribution in [0.2, 0.25) is 0 Å². The van der Waals surface area contributed by atoms with Crippen LogP contribution >= 0.6 is 0 Å². The van der Waals surface area contributed by atoms with Gasteiger partial charge in [0.05, 0.1) is 18.2 Å². The zero-order chi connectivity index (χ0) is 17.5. The molecule has 1 aromatic rings. The quantitative estimate of drug-likeness (QED) is 0.799. The molecule has 0 aliphatic carbocycles. The van der Waals surface area contributed by atoms with Crippen LogP contribution in [0.3, 0.4) is 0 Å². The van der Waals surface area contributed by atoms with Crippen molar-refractivity contribution in [3.63, 3.8) is 0 Å². The molecule has 128 valence electrons. The van der Waals surface area contributed by atoms with Crippen LogP contribution in [0.25, 0.3) is 0 Å². The zero-order valence-electron chi connectivity index (χ0n) is 12.3. The molecule has 7 nitrogen and oxygen atoms in total. The average molecular weight is 342 g/mol. The number of urea groups is 2. The number of rotatable bonds is 2. The molecule has 2 N–H and O–H groups in total. The number of amides is 5. The lowest BCUT2D eigenvalue weighted by Crippen LogP contribution is -2.63. The number of carbonyl (C=O) groups excluding carboxylic acids is 3. The maximum absolute atomic E-state index is 12.5. The standard InChI is InChI=1S/C14H13F3N4O3/c15-14(16,17)8-1-3-9(4-2-8)19-13(24)20-6-10(7-20)21-11(22)5-18-12(21)23/h1-4,10H,5-7H2,(H,18,23)(H,19,24). The van der Waals surface area contributed by atoms with Crippen LogP contribution in [0.1, 0.15) is 5.56 Å². The van der Waals surface area contributed by atoms with Gasteiger partial charge in [-0.25, -0.2) is 9.59 Å². The Kier molecular flexibility index (Phi) is 3.82. The molecule has 24 heavy (non-hydrogen) atoms. The van der Waals surface area contributed by atoms with Crippen molar-refractivity contribution in [3.8, 4) is 0 Å². The molecule has 2 fully saturated rings. The van der Waals surface area contributed by atoms with Gasteiger partial charge in [0.15, 0.2) is 0 Å². The Hall–Kier alpha value is -2.78. The number of hydrogen-bond acceptors (Lipinski definition) is 3. The van der Waals surface area contributed by atoms with E-state index in [2.05, 4.69) is 10.6 Å². The van der Waals surface area contributed by atoms with Crippen molar-refractivity contribution in [2.75, 3.05) is 25.0 Å². The third kappa shape index (κ3) is 2.99. The predicted molar refractivity (Wildman–Crippen MR) is 76.1 cm³/mol. The summed E-state index contributed by atoms with van der Waals surface area (Å²) in [6.45, 7) is 0.324. The van der Waals surface area contributed by atoms with E-state index in [4.69, 9.17) is 0 Å². The third-order valence-corrected chi connectivity index (χ3v) is 3.86. The Morgan fingerprint density at radius 1 is 1.17 bits per heavy atom. The maximum Gasteiger partial charge on any atom is 0.416 e. The number of likely N-dealkylation sites (tertiary alicyclic amines) is 1. The summed E-state index contributed by atoms with van der Waals surface area (Å²) < 4.78 is 37.4. The highest BCUT2D eigenvalue weighted by Gasteiger charge is 2.43. The summed E-state index contributed by atoms with van der Waals surface area (Å²) in [5.74, 6) is -0.340. The number of alkyl halides is 3. The summed E-state index contributed by atoms with van der Waals surface area (Å²) in [6.07, 6.45) is -4.43. The molecule has 1 aromatic carbocycles. The van der Waals surface area contributed by atoms with Gasteiger partial charge < -0.3 is 15.5 Å². The van der Waals surface area contributed by atoms with E-state index in [1.54, 1.807) is 0 Å². The molecule has 0 unspecified atom stereocenters. The SMILES string of the molecule is O=C(Nc1ccc(C(F)(F)F)cc1)N1CC(N2C(=O)CNC2=O)C1. The fraction of sp³-hybridized carbons (Fsp3) is 0.357. The van der Waals surface area contributed by atoms with Gasteiger partial charge in [-0.15, -0.1) is 0 Å². The average Bonchev–Trinajstić information content (AvgIpc) is 2.77. The molecule has 2 saturated heterocycles. The fourth-order valence-corrected chi connectivity index (χ4v) is 2.53. The molecule has 5 amide bonds. The third-order valence-electron chi connectivity index (χ3n) is 3.86. The minimum absolute atomic E-state index is 0.0485. The zero-order valence-corrected chi connectivity index (χ0v) is 12.3. The summed E-state index contributed by atoms with van der Waals surface area (Å²) >= 11 is 0. The molecule has 0 radical (unpaired) electrons. The first-order valence-electron chi connectivity index (χ1n) is 7.09. The van der Waals surface area contributed by atoms with Crippen LogP contribution in [0, 0.1) is 0 Å². The minimum Gasteiger partial charge on any atom is -0.329 e. The summed E-state index contributed by atoms with van der Waals surface area (Å²) in [7, 11) is 0. The first-order chi connectivity index (χ1) is 11.3. The first-order valence-corrected chi connectivity index (χ1v) is 7.09. The van der Waals surface area contributed by atoms with Crippen LogP contribution in [0.15, 0.2) is 24.3 Å². The summed E-state index contributed by atoms with van der Waals surface area (Å²) in [5, 5.41) is 4.87. The number of nitrogens with zero attached hydrogens (tertiary/aromatic N) is 2. The summed E-state index contributed by atoms with van der Waals surface area (Å²) in [4.78, 5) is 37.4. The molecule has 3 rings (SSSR count). The van der Waals surface area contributed by atoms with E-state index in [1.165, 1.54) is 4.90 Å². The number of anilines is 1. The second kappa shape index (κ2) is 5.69. The molecule has 0 atom stereocenters. The van der Waals surface area contributed by atoms with Gasteiger partial charge in [0, 0.05) is 18.8 Å². The minimum atomic E-state index is -4.43. The lowest BCUT2D eigenvalue weighted by atomic mass is 10.1. The van der Waals surface area contributed by atoms with E-state index < -0.39 is 23.8 Å². The number of nitrogens with one attached hydrogen (secondary N) is 2. The van der Waals surface area contributed by atoms with Crippen molar-refractivity contribution in [2.24, 2.45) is 0 Å². The van der Waals surface area contributed by atoms with E-state index in [1.807, 2.05) is 0 Å². The van der Waals surface area contributed by atoms with Crippen molar-refractivity contribution in [1.29, 1.82) is 0 Å². The number of imide groups is 1. The topological polar surface area (TPSA) is 81.8 Å². The van der Waals surface area contributed by atoms with E-state index in [9.17, 15) is 27.6 Å². The maximum atomic E-state index is 12.5. The molecular formula is C14H13F3N4O3. The molecular weight excluding hydrogens is 329 g/mol. The van der Waals surface area contributed by atoms with Gasteiger partial charge in [-0.1, -0.05) is 0 Å². The van der Waals surface area contributed by atoms with E-state index >= 15 is 0 Å². The first kappa shape index (κ1) is 16.1. The highest BCUT2D eigenvalue weighted by molar-refractivity contribution is 6.02. The lowest BCUT2D eigenvalue weighted by molar-refractivity contribution is -0.137. The summed E-state index contributed by atoms with van der Waals surface area (Å²) in [6, 6.07) is 2.72. The van der Waals surface area contributed by atoms with Crippen LogP contribution in [-0.2, 0) is 11.0 Å². The van der Waals surface area contributed by atoms with E-state index in [0.29, 0.717) is 0 Å². The van der Waals surface area contributed by atoms with Gasteiger partial charge in [-0.2, -0.15) is 13.2 Å². The molecule has 2 aliphatic rings. The number of carbonyl (C=O) groups is 3. The Morgan fingerprint density at radius 2 is 1.79 bits per heavy atom. The van der Waals surface area contributed by atoms with Gasteiger partial charge >= 0.3 is 18.2 Å². The molecule has 2 heterocycles. The monoisotopic (exact) mass is 342 g/mol. The number of hydrogen-bond donors (Lipinski definition) is 2. The Balaban J connectivity index is 1.54. The largest absolute Gasteiger partial charge is 0.416 e.